The van der Waals surface area contributed by atoms with Crippen molar-refractivity contribution in [1.82, 2.24) is 30.0 Å². The molecule has 0 amide bonds. The number of rotatable bonds is 9. The third kappa shape index (κ3) is 5.10. The molecule has 31 heavy (non-hydrogen) atoms. The molecule has 8 heteroatoms. The molecule has 1 atom stereocenters. The van der Waals surface area contributed by atoms with Crippen LogP contribution < -0.4 is 4.74 Å². The Balaban J connectivity index is 1.50. The second-order valence-electron chi connectivity index (χ2n) is 7.69. The van der Waals surface area contributed by atoms with Gasteiger partial charge in [-0.3, -0.25) is 9.80 Å². The molecule has 2 aromatic carbocycles. The van der Waals surface area contributed by atoms with Crippen molar-refractivity contribution in [2.75, 3.05) is 47.0 Å². The standard InChI is InChI=1S/C23H30N6O2/c1-30-17-16-29-23(24-25-26-29)22(19-8-4-3-5-9-19)28-14-12-27(13-15-28)18-20-10-6-7-11-21(20)31-2/h3-11,22H,12-18H2,1-2H3/t22-/m1/s1. The summed E-state index contributed by atoms with van der Waals surface area (Å²) in [4.78, 5) is 4.95. The van der Waals surface area contributed by atoms with Crippen LogP contribution in [0.2, 0.25) is 0 Å². The zero-order valence-electron chi connectivity index (χ0n) is 18.2. The van der Waals surface area contributed by atoms with Gasteiger partial charge in [-0.1, -0.05) is 48.5 Å². The van der Waals surface area contributed by atoms with E-state index in [9.17, 15) is 0 Å². The molecule has 3 aromatic rings. The van der Waals surface area contributed by atoms with Crippen LogP contribution in [0, 0.1) is 0 Å². The van der Waals surface area contributed by atoms with Gasteiger partial charge < -0.3 is 9.47 Å². The van der Waals surface area contributed by atoms with E-state index in [0.29, 0.717) is 13.2 Å². The van der Waals surface area contributed by atoms with Crippen LogP contribution >= 0.6 is 0 Å². The van der Waals surface area contributed by atoms with E-state index in [1.807, 2.05) is 22.9 Å². The van der Waals surface area contributed by atoms with Crippen molar-refractivity contribution in [3.05, 3.63) is 71.5 Å². The molecular weight excluding hydrogens is 392 g/mol. The van der Waals surface area contributed by atoms with Crippen molar-refractivity contribution in [2.24, 2.45) is 0 Å². The molecule has 1 fully saturated rings. The highest BCUT2D eigenvalue weighted by molar-refractivity contribution is 5.33. The third-order valence-electron chi connectivity index (χ3n) is 5.79. The largest absolute Gasteiger partial charge is 0.496 e. The molecule has 0 spiro atoms. The molecule has 0 saturated carbocycles. The molecular formula is C23H30N6O2. The summed E-state index contributed by atoms with van der Waals surface area (Å²) in [6.45, 7) is 5.92. The average molecular weight is 423 g/mol. The summed E-state index contributed by atoms with van der Waals surface area (Å²) in [5, 5.41) is 12.6. The lowest BCUT2D eigenvalue weighted by atomic mass is 10.0. The Hall–Kier alpha value is -2.81. The van der Waals surface area contributed by atoms with Crippen molar-refractivity contribution in [2.45, 2.75) is 19.1 Å². The fourth-order valence-corrected chi connectivity index (χ4v) is 4.16. The zero-order valence-corrected chi connectivity index (χ0v) is 18.2. The van der Waals surface area contributed by atoms with E-state index in [1.54, 1.807) is 14.2 Å². The number of tetrazole rings is 1. The van der Waals surface area contributed by atoms with Crippen LogP contribution in [0.1, 0.15) is 23.0 Å². The zero-order chi connectivity index (χ0) is 21.5. The van der Waals surface area contributed by atoms with Crippen LogP contribution in [-0.2, 0) is 17.8 Å². The number of para-hydroxylation sites is 1. The van der Waals surface area contributed by atoms with Gasteiger partial charge in [0.15, 0.2) is 5.82 Å². The predicted molar refractivity (Wildman–Crippen MR) is 118 cm³/mol. The Morgan fingerprint density at radius 2 is 1.68 bits per heavy atom. The van der Waals surface area contributed by atoms with E-state index < -0.39 is 0 Å². The maximum atomic E-state index is 5.53. The molecule has 0 radical (unpaired) electrons. The molecule has 2 heterocycles. The highest BCUT2D eigenvalue weighted by Crippen LogP contribution is 2.28. The molecule has 1 aliphatic heterocycles. The second kappa shape index (κ2) is 10.5. The Bertz CT molecular complexity index is 940. The first kappa shape index (κ1) is 21.4. The molecule has 1 saturated heterocycles. The molecule has 8 nitrogen and oxygen atoms in total. The fraction of sp³-hybridized carbons (Fsp3) is 0.435. The van der Waals surface area contributed by atoms with Gasteiger partial charge in [0.2, 0.25) is 0 Å². The highest BCUT2D eigenvalue weighted by Gasteiger charge is 2.30. The van der Waals surface area contributed by atoms with Gasteiger partial charge in [0.05, 0.1) is 26.3 Å². The summed E-state index contributed by atoms with van der Waals surface area (Å²) in [5.41, 5.74) is 2.43. The van der Waals surface area contributed by atoms with Crippen molar-refractivity contribution < 1.29 is 9.47 Å². The van der Waals surface area contributed by atoms with Crippen molar-refractivity contribution in [3.63, 3.8) is 0 Å². The van der Waals surface area contributed by atoms with Gasteiger partial charge >= 0.3 is 0 Å². The molecule has 0 bridgehead atoms. The summed E-state index contributed by atoms with van der Waals surface area (Å²) in [7, 11) is 3.43. The predicted octanol–water partition coefficient (Wildman–Crippen LogP) is 2.24. The first-order valence-electron chi connectivity index (χ1n) is 10.7. The van der Waals surface area contributed by atoms with Crippen LogP contribution in [0.15, 0.2) is 54.6 Å². The lowest BCUT2D eigenvalue weighted by Gasteiger charge is -2.39. The van der Waals surface area contributed by atoms with E-state index >= 15 is 0 Å². The summed E-state index contributed by atoms with van der Waals surface area (Å²) in [6, 6.07) is 18.8. The lowest BCUT2D eigenvalue weighted by Crippen LogP contribution is -2.48. The van der Waals surface area contributed by atoms with Gasteiger partial charge in [0.1, 0.15) is 5.75 Å². The van der Waals surface area contributed by atoms with E-state index in [-0.39, 0.29) is 6.04 Å². The highest BCUT2D eigenvalue weighted by atomic mass is 16.5. The van der Waals surface area contributed by atoms with Crippen molar-refractivity contribution in [1.29, 1.82) is 0 Å². The molecule has 0 unspecified atom stereocenters. The van der Waals surface area contributed by atoms with Crippen molar-refractivity contribution >= 4 is 0 Å². The maximum absolute atomic E-state index is 5.53. The van der Waals surface area contributed by atoms with Crippen molar-refractivity contribution in [3.8, 4) is 5.75 Å². The summed E-state index contributed by atoms with van der Waals surface area (Å²) >= 11 is 0. The molecule has 0 aliphatic carbocycles. The minimum Gasteiger partial charge on any atom is -0.496 e. The number of nitrogens with zero attached hydrogens (tertiary/aromatic N) is 6. The molecule has 4 rings (SSSR count). The minimum atomic E-state index is 0.0152. The fourth-order valence-electron chi connectivity index (χ4n) is 4.16. The minimum absolute atomic E-state index is 0.0152. The normalized spacial score (nSPS) is 16.3. The summed E-state index contributed by atoms with van der Waals surface area (Å²) < 4.78 is 12.6. The van der Waals surface area contributed by atoms with Crippen LogP contribution in [0.5, 0.6) is 5.75 Å². The molecule has 0 N–H and O–H groups in total. The number of aromatic nitrogens is 4. The number of hydrogen-bond donors (Lipinski definition) is 0. The Labute approximate surface area is 183 Å². The van der Waals surface area contributed by atoms with Gasteiger partial charge in [0.25, 0.3) is 0 Å². The smallest absolute Gasteiger partial charge is 0.173 e. The molecule has 1 aliphatic rings. The monoisotopic (exact) mass is 422 g/mol. The van der Waals surface area contributed by atoms with Gasteiger partial charge in [-0.25, -0.2) is 4.68 Å². The van der Waals surface area contributed by atoms with Gasteiger partial charge in [-0.2, -0.15) is 0 Å². The maximum Gasteiger partial charge on any atom is 0.173 e. The number of ether oxygens (including phenoxy) is 2. The Kier molecular flexibility index (Phi) is 7.24. The molecule has 1 aromatic heterocycles. The van der Waals surface area contributed by atoms with Gasteiger partial charge in [0, 0.05) is 45.4 Å². The Morgan fingerprint density at radius 1 is 0.935 bits per heavy atom. The van der Waals surface area contributed by atoms with Crippen LogP contribution in [0.25, 0.3) is 0 Å². The van der Waals surface area contributed by atoms with E-state index in [2.05, 4.69) is 61.7 Å². The SMILES string of the molecule is COCCn1nnnc1[C@@H](c1ccccc1)N1CCN(Cc2ccccc2OC)CC1. The topological polar surface area (TPSA) is 68.5 Å². The van der Waals surface area contributed by atoms with Gasteiger partial charge in [-0.15, -0.1) is 5.10 Å². The van der Waals surface area contributed by atoms with E-state index in [0.717, 1.165) is 44.3 Å². The first-order valence-corrected chi connectivity index (χ1v) is 10.7. The lowest BCUT2D eigenvalue weighted by molar-refractivity contribution is 0.0983. The quantitative estimate of drug-likeness (QED) is 0.524. The number of hydrogen-bond acceptors (Lipinski definition) is 7. The number of piperazine rings is 1. The second-order valence-corrected chi connectivity index (χ2v) is 7.69. The average Bonchev–Trinajstić information content (AvgIpc) is 3.28. The van der Waals surface area contributed by atoms with Crippen LogP contribution in [0.4, 0.5) is 0 Å². The Morgan fingerprint density at radius 3 is 2.42 bits per heavy atom. The third-order valence-corrected chi connectivity index (χ3v) is 5.79. The summed E-state index contributed by atoms with van der Waals surface area (Å²) in [6.07, 6.45) is 0. The van der Waals surface area contributed by atoms with E-state index in [1.165, 1.54) is 11.1 Å². The van der Waals surface area contributed by atoms with Crippen LogP contribution in [0.3, 0.4) is 0 Å². The van der Waals surface area contributed by atoms with Crippen LogP contribution in [-0.4, -0.2) is 77.0 Å². The number of benzene rings is 2. The summed E-state index contributed by atoms with van der Waals surface area (Å²) in [5.74, 6) is 1.81. The number of methoxy groups -OCH3 is 2. The van der Waals surface area contributed by atoms with E-state index in [4.69, 9.17) is 9.47 Å². The van der Waals surface area contributed by atoms with Gasteiger partial charge in [-0.05, 0) is 22.1 Å². The molecule has 164 valence electrons. The first-order chi connectivity index (χ1) is 15.3.